The number of Topliss-reactive ketones (excluding diaryl/α,β-unsaturated/α-hetero) is 2. The molecule has 0 unspecified atom stereocenters. The molecule has 1 aromatic rings. The number of ketones is 3. The number of nitrogens with one attached hydrogen (secondary N) is 1. The fourth-order valence-electron chi connectivity index (χ4n) is 2.62. The highest BCUT2D eigenvalue weighted by molar-refractivity contribution is 6.35. The molecule has 0 saturated heterocycles. The lowest BCUT2D eigenvalue weighted by Gasteiger charge is -2.30. The molecule has 0 bridgehead atoms. The third-order valence-corrected chi connectivity index (χ3v) is 4.21. The van der Waals surface area contributed by atoms with Crippen LogP contribution in [0.3, 0.4) is 0 Å². The van der Waals surface area contributed by atoms with Crippen molar-refractivity contribution in [2.75, 3.05) is 5.32 Å². The minimum absolute atomic E-state index is 0.233. The average molecular weight is 354 g/mol. The van der Waals surface area contributed by atoms with Gasteiger partial charge in [0.15, 0.2) is 17.3 Å². The van der Waals surface area contributed by atoms with Crippen LogP contribution in [0.25, 0.3) is 0 Å². The van der Waals surface area contributed by atoms with E-state index in [4.69, 9.17) is 23.2 Å². The smallest absolute Gasteiger partial charge is 0.175 e. The van der Waals surface area contributed by atoms with Gasteiger partial charge in [-0.1, -0.05) is 37.0 Å². The van der Waals surface area contributed by atoms with Crippen molar-refractivity contribution in [3.63, 3.8) is 0 Å². The predicted molar refractivity (Wildman–Crippen MR) is 90.8 cm³/mol. The second-order valence-electron chi connectivity index (χ2n) is 6.39. The molecule has 0 aromatic heterocycles. The summed E-state index contributed by atoms with van der Waals surface area (Å²) < 4.78 is 0. The Morgan fingerprint density at radius 3 is 2.43 bits per heavy atom. The molecule has 4 nitrogen and oxygen atoms in total. The van der Waals surface area contributed by atoms with Crippen molar-refractivity contribution in [2.24, 2.45) is 11.3 Å². The molecule has 6 heteroatoms. The van der Waals surface area contributed by atoms with Gasteiger partial charge >= 0.3 is 0 Å². The van der Waals surface area contributed by atoms with Crippen molar-refractivity contribution >= 4 is 46.2 Å². The summed E-state index contributed by atoms with van der Waals surface area (Å²) in [5.74, 6) is -2.33. The van der Waals surface area contributed by atoms with Gasteiger partial charge in [-0.25, -0.2) is 0 Å². The number of allylic oxidation sites excluding steroid dienone is 1. The lowest BCUT2D eigenvalue weighted by atomic mass is 9.70. The molecule has 23 heavy (non-hydrogen) atoms. The molecule has 1 aromatic carbocycles. The molecule has 1 aliphatic carbocycles. The van der Waals surface area contributed by atoms with E-state index in [9.17, 15) is 14.4 Å². The van der Waals surface area contributed by atoms with Crippen LogP contribution in [0, 0.1) is 11.3 Å². The van der Waals surface area contributed by atoms with Gasteiger partial charge in [0.25, 0.3) is 0 Å². The van der Waals surface area contributed by atoms with E-state index in [1.807, 2.05) is 13.8 Å². The number of benzene rings is 1. The second-order valence-corrected chi connectivity index (χ2v) is 7.23. The largest absolute Gasteiger partial charge is 0.360 e. The van der Waals surface area contributed by atoms with Gasteiger partial charge < -0.3 is 5.32 Å². The lowest BCUT2D eigenvalue weighted by Crippen LogP contribution is -2.41. The summed E-state index contributed by atoms with van der Waals surface area (Å²) in [6.45, 7) is 3.70. The van der Waals surface area contributed by atoms with E-state index in [1.54, 1.807) is 18.2 Å². The molecule has 0 amide bonds. The molecular formula is C17H17Cl2NO3. The Kier molecular flexibility index (Phi) is 5.27. The first kappa shape index (κ1) is 17.7. The van der Waals surface area contributed by atoms with Crippen molar-refractivity contribution in [3.8, 4) is 0 Å². The summed E-state index contributed by atoms with van der Waals surface area (Å²) in [6, 6.07) is 4.88. The van der Waals surface area contributed by atoms with E-state index >= 15 is 0 Å². The Bertz CT molecular complexity index is 675. The zero-order valence-electron chi connectivity index (χ0n) is 12.9. The maximum absolute atomic E-state index is 12.1. The lowest BCUT2D eigenvalue weighted by molar-refractivity contribution is -0.143. The Morgan fingerprint density at radius 2 is 1.83 bits per heavy atom. The number of hydrogen-bond acceptors (Lipinski definition) is 4. The molecule has 122 valence electrons. The maximum Gasteiger partial charge on any atom is 0.175 e. The molecule has 2 rings (SSSR count). The third-order valence-electron chi connectivity index (χ3n) is 3.65. The molecule has 0 radical (unpaired) electrons. The van der Waals surface area contributed by atoms with Crippen LogP contribution in [0.4, 0.5) is 5.69 Å². The highest BCUT2D eigenvalue weighted by Gasteiger charge is 2.42. The topological polar surface area (TPSA) is 63.2 Å². The van der Waals surface area contributed by atoms with Gasteiger partial charge in [0, 0.05) is 24.1 Å². The Morgan fingerprint density at radius 1 is 1.22 bits per heavy atom. The van der Waals surface area contributed by atoms with E-state index < -0.39 is 11.7 Å². The minimum atomic E-state index is -1.18. The van der Waals surface area contributed by atoms with E-state index in [0.29, 0.717) is 15.7 Å². The molecular weight excluding hydrogens is 337 g/mol. The molecule has 0 spiro atoms. The van der Waals surface area contributed by atoms with Gasteiger partial charge in [-0.15, -0.1) is 0 Å². The van der Waals surface area contributed by atoms with Crippen LogP contribution in [-0.2, 0) is 14.4 Å². The van der Waals surface area contributed by atoms with Crippen molar-refractivity contribution in [1.29, 1.82) is 0 Å². The molecule has 0 atom stereocenters. The maximum atomic E-state index is 12.1. The van der Waals surface area contributed by atoms with Crippen LogP contribution in [0.1, 0.15) is 26.7 Å². The Hall–Kier alpha value is -1.65. The van der Waals surface area contributed by atoms with E-state index in [1.165, 1.54) is 12.3 Å². The molecule has 1 aliphatic rings. The van der Waals surface area contributed by atoms with Crippen LogP contribution in [0.15, 0.2) is 30.5 Å². The summed E-state index contributed by atoms with van der Waals surface area (Å²) in [7, 11) is 0. The monoisotopic (exact) mass is 353 g/mol. The van der Waals surface area contributed by atoms with Crippen LogP contribution in [0.5, 0.6) is 0 Å². The quantitative estimate of drug-likeness (QED) is 0.654. The summed E-state index contributed by atoms with van der Waals surface area (Å²) in [5, 5.41) is 3.77. The minimum Gasteiger partial charge on any atom is -0.360 e. The number of halogens is 2. The van der Waals surface area contributed by atoms with E-state index in [2.05, 4.69) is 5.32 Å². The number of anilines is 1. The number of rotatable bonds is 4. The van der Waals surface area contributed by atoms with Crippen LogP contribution >= 0.6 is 23.2 Å². The summed E-state index contributed by atoms with van der Waals surface area (Å²) in [4.78, 5) is 36.3. The number of carbonyl (C=O) groups is 3. The SMILES string of the molecule is CC1(C)CC(=O)C(C(=O)C=CNc2cc(Cl)ccc2Cl)C(=O)C1. The first-order chi connectivity index (χ1) is 10.7. The zero-order chi connectivity index (χ0) is 17.2. The first-order valence-electron chi connectivity index (χ1n) is 7.17. The summed E-state index contributed by atoms with van der Waals surface area (Å²) in [5.41, 5.74) is 0.159. The normalized spacial score (nSPS) is 18.4. The fraction of sp³-hybridized carbons (Fsp3) is 0.353. The summed E-state index contributed by atoms with van der Waals surface area (Å²) >= 11 is 11.9. The Balaban J connectivity index is 2.05. The van der Waals surface area contributed by atoms with Crippen molar-refractivity contribution in [1.82, 2.24) is 0 Å². The van der Waals surface area contributed by atoms with Gasteiger partial charge in [0.1, 0.15) is 5.92 Å². The van der Waals surface area contributed by atoms with Crippen LogP contribution < -0.4 is 5.32 Å². The molecule has 0 aliphatic heterocycles. The highest BCUT2D eigenvalue weighted by Crippen LogP contribution is 2.34. The molecule has 0 heterocycles. The zero-order valence-corrected chi connectivity index (χ0v) is 14.4. The highest BCUT2D eigenvalue weighted by atomic mass is 35.5. The van der Waals surface area contributed by atoms with Crippen molar-refractivity contribution in [2.45, 2.75) is 26.7 Å². The average Bonchev–Trinajstić information content (AvgIpc) is 2.40. The van der Waals surface area contributed by atoms with Gasteiger partial charge in [0.05, 0.1) is 10.7 Å². The van der Waals surface area contributed by atoms with Gasteiger partial charge in [0.2, 0.25) is 0 Å². The molecule has 1 N–H and O–H groups in total. The van der Waals surface area contributed by atoms with Gasteiger partial charge in [-0.2, -0.15) is 0 Å². The second kappa shape index (κ2) is 6.85. The molecule has 1 fully saturated rings. The first-order valence-corrected chi connectivity index (χ1v) is 7.93. The Labute approximate surface area is 144 Å². The van der Waals surface area contributed by atoms with Crippen LogP contribution in [-0.4, -0.2) is 17.3 Å². The van der Waals surface area contributed by atoms with Crippen LogP contribution in [0.2, 0.25) is 10.0 Å². The number of hydrogen-bond donors (Lipinski definition) is 1. The fourth-order valence-corrected chi connectivity index (χ4v) is 2.97. The van der Waals surface area contributed by atoms with Crippen molar-refractivity contribution in [3.05, 3.63) is 40.5 Å². The van der Waals surface area contributed by atoms with E-state index in [-0.39, 0.29) is 29.8 Å². The third kappa shape index (κ3) is 4.43. The number of carbonyl (C=O) groups excluding carboxylic acids is 3. The summed E-state index contributed by atoms with van der Waals surface area (Å²) in [6.07, 6.45) is 3.02. The molecule has 1 saturated carbocycles. The van der Waals surface area contributed by atoms with Crippen molar-refractivity contribution < 1.29 is 14.4 Å². The van der Waals surface area contributed by atoms with Gasteiger partial charge in [-0.3, -0.25) is 14.4 Å². The predicted octanol–water partition coefficient (Wildman–Crippen LogP) is 4.06. The standard InChI is InChI=1S/C17H17Cl2NO3/c1-17(2)8-14(22)16(15(23)9-17)13(21)5-6-20-12-7-10(18)3-4-11(12)19/h3-7,16,20H,8-9H2,1-2H3. The van der Waals surface area contributed by atoms with E-state index in [0.717, 1.165) is 0 Å². The van der Waals surface area contributed by atoms with Gasteiger partial charge in [-0.05, 0) is 29.7 Å².